The van der Waals surface area contributed by atoms with Crippen molar-refractivity contribution in [2.75, 3.05) is 0 Å². The van der Waals surface area contributed by atoms with E-state index in [0.29, 0.717) is 6.04 Å². The van der Waals surface area contributed by atoms with Gasteiger partial charge in [0.25, 0.3) is 0 Å². The van der Waals surface area contributed by atoms with E-state index in [1.807, 2.05) is 18.2 Å². The zero-order valence-electron chi connectivity index (χ0n) is 10.8. The van der Waals surface area contributed by atoms with Crippen molar-refractivity contribution in [2.24, 2.45) is 0 Å². The van der Waals surface area contributed by atoms with Gasteiger partial charge in [0, 0.05) is 17.6 Å². The molecule has 1 nitrogen and oxygen atoms in total. The van der Waals surface area contributed by atoms with Crippen LogP contribution in [0, 0.1) is 6.92 Å². The van der Waals surface area contributed by atoms with Crippen LogP contribution >= 0.6 is 11.6 Å². The van der Waals surface area contributed by atoms with Crippen LogP contribution in [0.5, 0.6) is 0 Å². The maximum absolute atomic E-state index is 5.97. The summed E-state index contributed by atoms with van der Waals surface area (Å²) in [6.45, 7) is 5.16. The predicted molar refractivity (Wildman–Crippen MR) is 77.9 cm³/mol. The van der Waals surface area contributed by atoms with Crippen LogP contribution in [-0.4, -0.2) is 0 Å². The minimum absolute atomic E-state index is 0.338. The van der Waals surface area contributed by atoms with Crippen molar-refractivity contribution in [3.8, 4) is 0 Å². The van der Waals surface area contributed by atoms with Crippen LogP contribution in [0.25, 0.3) is 0 Å². The van der Waals surface area contributed by atoms with E-state index in [1.54, 1.807) is 0 Å². The number of rotatable bonds is 4. The fraction of sp³-hybridized carbons (Fsp3) is 0.250. The molecule has 1 N–H and O–H groups in total. The molecule has 2 rings (SSSR count). The molecule has 94 valence electrons. The molecule has 0 aliphatic heterocycles. The summed E-state index contributed by atoms with van der Waals surface area (Å²) in [5, 5.41) is 4.31. The van der Waals surface area contributed by atoms with E-state index >= 15 is 0 Å². The maximum atomic E-state index is 5.97. The van der Waals surface area contributed by atoms with Gasteiger partial charge in [0.2, 0.25) is 0 Å². The lowest BCUT2D eigenvalue weighted by Crippen LogP contribution is -2.18. The Bertz CT molecular complexity index is 522. The zero-order chi connectivity index (χ0) is 13.0. The van der Waals surface area contributed by atoms with Crippen molar-refractivity contribution in [3.63, 3.8) is 0 Å². The average molecular weight is 260 g/mol. The number of benzene rings is 2. The monoisotopic (exact) mass is 259 g/mol. The summed E-state index contributed by atoms with van der Waals surface area (Å²) in [5.74, 6) is 0. The number of aryl methyl sites for hydroxylation is 1. The Kier molecular flexibility index (Phi) is 4.40. The first-order valence-corrected chi connectivity index (χ1v) is 6.58. The molecule has 0 saturated heterocycles. The molecule has 0 unspecified atom stereocenters. The Hall–Kier alpha value is -1.31. The van der Waals surface area contributed by atoms with Crippen LogP contribution in [0.3, 0.4) is 0 Å². The van der Waals surface area contributed by atoms with Gasteiger partial charge in [0.15, 0.2) is 0 Å². The molecule has 0 heterocycles. The van der Waals surface area contributed by atoms with Crippen molar-refractivity contribution in [1.82, 2.24) is 5.32 Å². The molecule has 18 heavy (non-hydrogen) atoms. The molecule has 2 aromatic carbocycles. The third-order valence-electron chi connectivity index (χ3n) is 3.16. The van der Waals surface area contributed by atoms with Gasteiger partial charge in [-0.25, -0.2) is 0 Å². The van der Waals surface area contributed by atoms with Crippen LogP contribution < -0.4 is 5.32 Å². The number of hydrogen-bond donors (Lipinski definition) is 1. The molecule has 0 radical (unpaired) electrons. The lowest BCUT2D eigenvalue weighted by atomic mass is 10.0. The summed E-state index contributed by atoms with van der Waals surface area (Å²) < 4.78 is 0. The molecule has 0 spiro atoms. The van der Waals surface area contributed by atoms with E-state index in [2.05, 4.69) is 49.5 Å². The highest BCUT2D eigenvalue weighted by Gasteiger charge is 2.06. The molecule has 0 aromatic heterocycles. The summed E-state index contributed by atoms with van der Waals surface area (Å²) in [6, 6.07) is 16.8. The molecule has 0 aliphatic rings. The normalized spacial score (nSPS) is 12.4. The topological polar surface area (TPSA) is 12.0 Å². The second-order valence-corrected chi connectivity index (χ2v) is 5.03. The Balaban J connectivity index is 2.00. The summed E-state index contributed by atoms with van der Waals surface area (Å²) in [7, 11) is 0. The first kappa shape index (κ1) is 13.1. The fourth-order valence-electron chi connectivity index (χ4n) is 2.10. The molecule has 0 amide bonds. The largest absolute Gasteiger partial charge is 0.306 e. The first-order valence-electron chi connectivity index (χ1n) is 6.20. The van der Waals surface area contributed by atoms with Crippen LogP contribution in [0.1, 0.15) is 29.7 Å². The Morgan fingerprint density at radius 1 is 1.11 bits per heavy atom. The lowest BCUT2D eigenvalue weighted by molar-refractivity contribution is 0.572. The quantitative estimate of drug-likeness (QED) is 0.853. The second-order valence-electron chi connectivity index (χ2n) is 4.59. The number of halogens is 1. The standard InChI is InChI=1S/C16H18ClN/c1-12-6-3-4-9-16(12)13(2)18-11-14-7-5-8-15(17)10-14/h3-10,13,18H,11H2,1-2H3/t13-/m0/s1. The Labute approximate surface area is 114 Å². The van der Waals surface area contributed by atoms with E-state index in [1.165, 1.54) is 16.7 Å². The van der Waals surface area contributed by atoms with Gasteiger partial charge in [0.05, 0.1) is 0 Å². The molecule has 0 aliphatic carbocycles. The summed E-state index contributed by atoms with van der Waals surface area (Å²) in [5.41, 5.74) is 3.88. The highest BCUT2D eigenvalue weighted by Crippen LogP contribution is 2.18. The van der Waals surface area contributed by atoms with Gasteiger partial charge in [0.1, 0.15) is 0 Å². The van der Waals surface area contributed by atoms with Crippen molar-refractivity contribution in [1.29, 1.82) is 0 Å². The maximum Gasteiger partial charge on any atom is 0.0409 e. The minimum Gasteiger partial charge on any atom is -0.306 e. The van der Waals surface area contributed by atoms with Gasteiger partial charge in [-0.2, -0.15) is 0 Å². The van der Waals surface area contributed by atoms with E-state index in [0.717, 1.165) is 11.6 Å². The highest BCUT2D eigenvalue weighted by molar-refractivity contribution is 6.30. The molecule has 0 bridgehead atoms. The molecular weight excluding hydrogens is 242 g/mol. The van der Waals surface area contributed by atoms with Crippen LogP contribution in [-0.2, 0) is 6.54 Å². The first-order chi connectivity index (χ1) is 8.66. The van der Waals surface area contributed by atoms with Gasteiger partial charge in [-0.1, -0.05) is 48.0 Å². The zero-order valence-corrected chi connectivity index (χ0v) is 11.5. The van der Waals surface area contributed by atoms with Gasteiger partial charge in [-0.05, 0) is 42.7 Å². The minimum atomic E-state index is 0.338. The SMILES string of the molecule is Cc1ccccc1[C@H](C)NCc1cccc(Cl)c1. The van der Waals surface area contributed by atoms with Crippen molar-refractivity contribution in [3.05, 3.63) is 70.2 Å². The van der Waals surface area contributed by atoms with Crippen LogP contribution in [0.4, 0.5) is 0 Å². The molecule has 0 fully saturated rings. The molecule has 2 heteroatoms. The molecule has 0 saturated carbocycles. The predicted octanol–water partition coefficient (Wildman–Crippen LogP) is 4.50. The van der Waals surface area contributed by atoms with Crippen LogP contribution in [0.15, 0.2) is 48.5 Å². The van der Waals surface area contributed by atoms with Crippen LogP contribution in [0.2, 0.25) is 5.02 Å². The Morgan fingerprint density at radius 2 is 1.89 bits per heavy atom. The summed E-state index contributed by atoms with van der Waals surface area (Å²) in [6.07, 6.45) is 0. The third kappa shape index (κ3) is 3.34. The summed E-state index contributed by atoms with van der Waals surface area (Å²) in [4.78, 5) is 0. The average Bonchev–Trinajstić information content (AvgIpc) is 2.37. The highest BCUT2D eigenvalue weighted by atomic mass is 35.5. The van der Waals surface area contributed by atoms with E-state index in [4.69, 9.17) is 11.6 Å². The van der Waals surface area contributed by atoms with Crippen molar-refractivity contribution < 1.29 is 0 Å². The van der Waals surface area contributed by atoms with E-state index in [9.17, 15) is 0 Å². The number of nitrogens with one attached hydrogen (secondary N) is 1. The van der Waals surface area contributed by atoms with Crippen molar-refractivity contribution in [2.45, 2.75) is 26.4 Å². The summed E-state index contributed by atoms with van der Waals surface area (Å²) >= 11 is 5.97. The molecule has 2 aromatic rings. The number of hydrogen-bond acceptors (Lipinski definition) is 1. The molecule has 1 atom stereocenters. The molecular formula is C16H18ClN. The van der Waals surface area contributed by atoms with Crippen molar-refractivity contribution >= 4 is 11.6 Å². The third-order valence-corrected chi connectivity index (χ3v) is 3.39. The van der Waals surface area contributed by atoms with Gasteiger partial charge in [-0.15, -0.1) is 0 Å². The Morgan fingerprint density at radius 3 is 2.61 bits per heavy atom. The van der Waals surface area contributed by atoms with Gasteiger partial charge < -0.3 is 5.32 Å². The fourth-order valence-corrected chi connectivity index (χ4v) is 2.31. The van der Waals surface area contributed by atoms with E-state index in [-0.39, 0.29) is 0 Å². The lowest BCUT2D eigenvalue weighted by Gasteiger charge is -2.16. The van der Waals surface area contributed by atoms with E-state index < -0.39 is 0 Å². The second kappa shape index (κ2) is 6.03. The van der Waals surface area contributed by atoms with Gasteiger partial charge in [-0.3, -0.25) is 0 Å². The van der Waals surface area contributed by atoms with Gasteiger partial charge >= 0.3 is 0 Å². The smallest absolute Gasteiger partial charge is 0.0409 e.